The van der Waals surface area contributed by atoms with Crippen molar-refractivity contribution in [3.63, 3.8) is 0 Å². The lowest BCUT2D eigenvalue weighted by atomic mass is 10.1. The van der Waals surface area contributed by atoms with Crippen LogP contribution in [0.2, 0.25) is 0 Å². The molecule has 0 fully saturated rings. The summed E-state index contributed by atoms with van der Waals surface area (Å²) in [4.78, 5) is 0. The Morgan fingerprint density at radius 1 is 1.45 bits per heavy atom. The summed E-state index contributed by atoms with van der Waals surface area (Å²) < 4.78 is 0. The minimum atomic E-state index is 1.01. The molecule has 0 atom stereocenters. The molecule has 0 rings (SSSR count). The quantitative estimate of drug-likeness (QED) is 0.534. The lowest BCUT2D eigenvalue weighted by Gasteiger charge is -2.00. The molecule has 0 aromatic carbocycles. The van der Waals surface area contributed by atoms with Crippen LogP contribution >= 0.6 is 0 Å². The van der Waals surface area contributed by atoms with E-state index in [1.54, 1.807) is 6.08 Å². The molecular weight excluding hydrogens is 132 g/mol. The molecule has 0 N–H and O–H groups in total. The summed E-state index contributed by atoms with van der Waals surface area (Å²) in [6, 6.07) is 0. The van der Waals surface area contributed by atoms with Crippen molar-refractivity contribution in [1.29, 1.82) is 0 Å². The molecule has 0 aromatic rings. The van der Waals surface area contributed by atoms with Crippen molar-refractivity contribution in [3.8, 4) is 0 Å². The fourth-order valence-electron chi connectivity index (χ4n) is 0.795. The molecule has 11 heavy (non-hydrogen) atoms. The number of hydrogen-bond acceptors (Lipinski definition) is 0. The highest BCUT2D eigenvalue weighted by molar-refractivity contribution is 5.37. The molecule has 0 saturated heterocycles. The maximum atomic E-state index is 3.88. The highest BCUT2D eigenvalue weighted by Crippen LogP contribution is 2.12. The first-order chi connectivity index (χ1) is 5.26. The number of hydrogen-bond donors (Lipinski definition) is 0. The van der Waals surface area contributed by atoms with Crippen molar-refractivity contribution in [2.24, 2.45) is 0 Å². The van der Waals surface area contributed by atoms with Crippen LogP contribution < -0.4 is 0 Å². The zero-order chi connectivity index (χ0) is 8.69. The molecule has 0 saturated carbocycles. The molecule has 0 radical (unpaired) electrons. The van der Waals surface area contributed by atoms with Crippen molar-refractivity contribution >= 4 is 0 Å². The van der Waals surface area contributed by atoms with Crippen molar-refractivity contribution < 1.29 is 0 Å². The van der Waals surface area contributed by atoms with Gasteiger partial charge < -0.3 is 0 Å². The van der Waals surface area contributed by atoms with Crippen LogP contribution in [0.3, 0.4) is 0 Å². The summed E-state index contributed by atoms with van der Waals surface area (Å²) in [6.07, 6.45) is 8.90. The van der Waals surface area contributed by atoms with E-state index in [0.29, 0.717) is 0 Å². The SMILES string of the molecule is C=CC(=C)/C(=C\C=C/C)CC. The van der Waals surface area contributed by atoms with Crippen molar-refractivity contribution in [1.82, 2.24) is 0 Å². The van der Waals surface area contributed by atoms with E-state index in [4.69, 9.17) is 0 Å². The molecule has 0 aromatic heterocycles. The lowest BCUT2D eigenvalue weighted by Crippen LogP contribution is -1.80. The predicted molar refractivity (Wildman–Crippen MR) is 52.5 cm³/mol. The molecule has 0 bridgehead atoms. The monoisotopic (exact) mass is 148 g/mol. The van der Waals surface area contributed by atoms with E-state index >= 15 is 0 Å². The molecule has 0 amide bonds. The van der Waals surface area contributed by atoms with Crippen molar-refractivity contribution in [2.45, 2.75) is 20.3 Å². The average molecular weight is 148 g/mol. The second kappa shape index (κ2) is 5.72. The molecule has 0 nitrogen and oxygen atoms in total. The van der Waals surface area contributed by atoms with Crippen molar-refractivity contribution in [2.75, 3.05) is 0 Å². The molecule has 0 heteroatoms. The van der Waals surface area contributed by atoms with E-state index in [9.17, 15) is 0 Å². The third kappa shape index (κ3) is 3.61. The number of allylic oxidation sites excluding steroid dienone is 6. The Hall–Kier alpha value is -1.04. The van der Waals surface area contributed by atoms with Gasteiger partial charge in [-0.1, -0.05) is 44.4 Å². The fourth-order valence-corrected chi connectivity index (χ4v) is 0.795. The molecule has 0 aliphatic carbocycles. The summed E-state index contributed by atoms with van der Waals surface area (Å²) in [5.74, 6) is 0. The van der Waals surface area contributed by atoms with Crippen LogP contribution in [-0.2, 0) is 0 Å². The summed E-state index contributed by atoms with van der Waals surface area (Å²) in [5.41, 5.74) is 2.27. The second-order valence-electron chi connectivity index (χ2n) is 2.30. The van der Waals surface area contributed by atoms with Gasteiger partial charge in [-0.2, -0.15) is 0 Å². The van der Waals surface area contributed by atoms with E-state index in [-0.39, 0.29) is 0 Å². The summed E-state index contributed by atoms with van der Waals surface area (Å²) in [5, 5.41) is 0. The predicted octanol–water partition coefficient (Wildman–Crippen LogP) is 3.64. The zero-order valence-corrected chi connectivity index (χ0v) is 7.43. The van der Waals surface area contributed by atoms with Gasteiger partial charge in [-0.15, -0.1) is 0 Å². The van der Waals surface area contributed by atoms with E-state index in [0.717, 1.165) is 12.0 Å². The van der Waals surface area contributed by atoms with Gasteiger partial charge >= 0.3 is 0 Å². The van der Waals surface area contributed by atoms with Gasteiger partial charge in [0.15, 0.2) is 0 Å². The Bertz CT molecular complexity index is 192. The highest BCUT2D eigenvalue weighted by atomic mass is 14.0. The highest BCUT2D eigenvalue weighted by Gasteiger charge is 1.92. The van der Waals surface area contributed by atoms with E-state index < -0.39 is 0 Å². The first-order valence-electron chi connectivity index (χ1n) is 3.89. The third-order valence-electron chi connectivity index (χ3n) is 1.53. The van der Waals surface area contributed by atoms with Gasteiger partial charge in [0.1, 0.15) is 0 Å². The minimum absolute atomic E-state index is 1.01. The normalized spacial score (nSPS) is 12.0. The number of rotatable bonds is 4. The Kier molecular flexibility index (Phi) is 5.18. The largest absolute Gasteiger partial charge is 0.0985 e. The Labute approximate surface area is 69.6 Å². The molecule has 0 aliphatic heterocycles. The van der Waals surface area contributed by atoms with Crippen LogP contribution in [0.1, 0.15) is 20.3 Å². The van der Waals surface area contributed by atoms with E-state index in [1.807, 2.05) is 19.1 Å². The molecule has 0 spiro atoms. The van der Waals surface area contributed by atoms with Gasteiger partial charge in [0.05, 0.1) is 0 Å². The smallest absolute Gasteiger partial charge is 0.0302 e. The van der Waals surface area contributed by atoms with E-state index in [1.165, 1.54) is 5.57 Å². The van der Waals surface area contributed by atoms with E-state index in [2.05, 4.69) is 26.2 Å². The van der Waals surface area contributed by atoms with Gasteiger partial charge in [-0.3, -0.25) is 0 Å². The summed E-state index contributed by atoms with van der Waals surface area (Å²) in [7, 11) is 0. The molecule has 0 unspecified atom stereocenters. The fraction of sp³-hybridized carbons (Fsp3) is 0.273. The van der Waals surface area contributed by atoms with Crippen LogP contribution in [-0.4, -0.2) is 0 Å². The maximum absolute atomic E-state index is 3.88. The van der Waals surface area contributed by atoms with Crippen molar-refractivity contribution in [3.05, 3.63) is 48.6 Å². The van der Waals surface area contributed by atoms with Gasteiger partial charge in [0, 0.05) is 0 Å². The Balaban J connectivity index is 4.38. The van der Waals surface area contributed by atoms with Gasteiger partial charge in [-0.05, 0) is 24.5 Å². The van der Waals surface area contributed by atoms with Crippen LogP contribution in [0, 0.1) is 0 Å². The summed E-state index contributed by atoms with van der Waals surface area (Å²) in [6.45, 7) is 11.7. The van der Waals surface area contributed by atoms with Crippen LogP contribution in [0.4, 0.5) is 0 Å². The first-order valence-corrected chi connectivity index (χ1v) is 3.89. The molecule has 0 aliphatic rings. The standard InChI is InChI=1S/C11H16/c1-5-8-9-11(7-3)10(4)6-2/h5-6,8-9H,2,4,7H2,1,3H3/b8-5-,11-9-. The van der Waals surface area contributed by atoms with Gasteiger partial charge in [0.25, 0.3) is 0 Å². The molecule has 0 heterocycles. The lowest BCUT2D eigenvalue weighted by molar-refractivity contribution is 1.13. The molecular formula is C11H16. The Morgan fingerprint density at radius 2 is 2.09 bits per heavy atom. The topological polar surface area (TPSA) is 0 Å². The maximum Gasteiger partial charge on any atom is -0.0302 e. The minimum Gasteiger partial charge on any atom is -0.0985 e. The molecule has 60 valence electrons. The van der Waals surface area contributed by atoms with Crippen LogP contribution in [0.5, 0.6) is 0 Å². The van der Waals surface area contributed by atoms with Gasteiger partial charge in [0.2, 0.25) is 0 Å². The summed E-state index contributed by atoms with van der Waals surface area (Å²) >= 11 is 0. The third-order valence-corrected chi connectivity index (χ3v) is 1.53. The average Bonchev–Trinajstić information content (AvgIpc) is 2.05. The Morgan fingerprint density at radius 3 is 2.45 bits per heavy atom. The zero-order valence-electron chi connectivity index (χ0n) is 7.43. The second-order valence-corrected chi connectivity index (χ2v) is 2.30. The first kappa shape index (κ1) is 9.96. The van der Waals surface area contributed by atoms with Crippen LogP contribution in [0.25, 0.3) is 0 Å². The van der Waals surface area contributed by atoms with Gasteiger partial charge in [-0.25, -0.2) is 0 Å². The van der Waals surface area contributed by atoms with Crippen LogP contribution in [0.15, 0.2) is 48.6 Å².